The summed E-state index contributed by atoms with van der Waals surface area (Å²) in [5.41, 5.74) is -1.02. The van der Waals surface area contributed by atoms with E-state index < -0.39 is 48.7 Å². The predicted molar refractivity (Wildman–Crippen MR) is 138 cm³/mol. The van der Waals surface area contributed by atoms with Crippen LogP contribution in [-0.2, 0) is 18.4 Å². The molecular weight excluding hydrogens is 588 g/mol. The first-order chi connectivity index (χ1) is 18.5. The number of carbonyl (C=O) groups is 2. The number of fused-ring (bicyclic) bond motifs is 1. The molecule has 2 aromatic carbocycles. The molecule has 0 spiro atoms. The first kappa shape index (κ1) is 31.2. The highest BCUT2D eigenvalue weighted by Crippen LogP contribution is 2.37. The van der Waals surface area contributed by atoms with Crippen molar-refractivity contribution in [2.45, 2.75) is 38.6 Å². The van der Waals surface area contributed by atoms with Gasteiger partial charge in [0.15, 0.2) is 0 Å². The van der Waals surface area contributed by atoms with Gasteiger partial charge in [-0.15, -0.1) is 0 Å². The van der Waals surface area contributed by atoms with Crippen LogP contribution in [0.15, 0.2) is 24.3 Å². The fraction of sp³-hybridized carbons (Fsp3) is 0.375. The minimum atomic E-state index is -4.70. The van der Waals surface area contributed by atoms with E-state index in [1.807, 2.05) is 0 Å². The molecule has 0 aliphatic heterocycles. The zero-order valence-electron chi connectivity index (χ0n) is 21.2. The van der Waals surface area contributed by atoms with Gasteiger partial charge in [-0.1, -0.05) is 29.3 Å². The summed E-state index contributed by atoms with van der Waals surface area (Å²) in [6.07, 6.45) is -7.61. The van der Waals surface area contributed by atoms with Gasteiger partial charge in [-0.2, -0.15) is 13.2 Å². The third-order valence-electron chi connectivity index (χ3n) is 5.44. The number of aromatic nitrogens is 2. The average Bonchev–Trinajstić information content (AvgIpc) is 3.15. The molecule has 0 aliphatic carbocycles. The molecule has 2 amide bonds. The van der Waals surface area contributed by atoms with Gasteiger partial charge in [-0.25, -0.2) is 13.8 Å². The second-order valence-corrected chi connectivity index (χ2v) is 9.88. The molecule has 0 saturated carbocycles. The zero-order chi connectivity index (χ0) is 30.0. The molecule has 40 heavy (non-hydrogen) atoms. The number of aryl methyl sites for hydroxylation is 1. The van der Waals surface area contributed by atoms with Crippen molar-refractivity contribution in [3.05, 3.63) is 45.4 Å². The summed E-state index contributed by atoms with van der Waals surface area (Å²) in [5.74, 6) is -2.09. The summed E-state index contributed by atoms with van der Waals surface area (Å²) in [5, 5.41) is 17.3. The number of imidazole rings is 1. The number of carbonyl (C=O) groups excluding carboxylic acids is 2. The van der Waals surface area contributed by atoms with Crippen LogP contribution in [0, 0.1) is 0 Å². The van der Waals surface area contributed by atoms with Crippen molar-refractivity contribution >= 4 is 57.7 Å². The van der Waals surface area contributed by atoms with Crippen LogP contribution in [0.3, 0.4) is 0 Å². The molecule has 1 heterocycles. The Kier molecular flexibility index (Phi) is 9.37. The molecule has 0 aliphatic rings. The molecule has 3 rings (SSSR count). The molecule has 0 atom stereocenters. The van der Waals surface area contributed by atoms with Gasteiger partial charge < -0.3 is 30.4 Å². The van der Waals surface area contributed by atoms with Crippen LogP contribution in [0.4, 0.5) is 33.6 Å². The fourth-order valence-corrected chi connectivity index (χ4v) is 3.94. The van der Waals surface area contributed by atoms with Crippen LogP contribution in [0.1, 0.15) is 29.8 Å². The van der Waals surface area contributed by atoms with Gasteiger partial charge in [-0.3, -0.25) is 9.59 Å². The molecular formula is C24H24Cl2F5N5O4. The van der Waals surface area contributed by atoms with E-state index in [1.165, 1.54) is 37.6 Å². The van der Waals surface area contributed by atoms with E-state index >= 15 is 0 Å². The standard InChI is InChI=1S/C24H24Cl2F5N5O4/c1-23(2,39)21(38)32-8-11-4-5-13(25)19(18(11)26)35-22-34-14-6-12(20(37)33-10-24(29,30)31)16(40-9-17(27)28)7-15(14)36(22)3/h4-7,17,39H,8-10H2,1-3H3,(H,32,38)(H,33,37)(H,34,35). The molecule has 218 valence electrons. The van der Waals surface area contributed by atoms with Gasteiger partial charge >= 0.3 is 6.18 Å². The normalized spacial score (nSPS) is 12.1. The number of hydrogen-bond donors (Lipinski definition) is 4. The lowest BCUT2D eigenvalue weighted by Crippen LogP contribution is -2.41. The maximum absolute atomic E-state index is 12.8. The smallest absolute Gasteiger partial charge is 0.405 e. The molecule has 1 aromatic heterocycles. The van der Waals surface area contributed by atoms with E-state index in [4.69, 9.17) is 27.9 Å². The highest BCUT2D eigenvalue weighted by atomic mass is 35.5. The van der Waals surface area contributed by atoms with Crippen LogP contribution in [0.25, 0.3) is 11.0 Å². The van der Waals surface area contributed by atoms with Crippen LogP contribution in [0.2, 0.25) is 10.0 Å². The van der Waals surface area contributed by atoms with Gasteiger partial charge in [0.1, 0.15) is 24.5 Å². The third kappa shape index (κ3) is 7.64. The van der Waals surface area contributed by atoms with E-state index in [-0.39, 0.29) is 45.0 Å². The van der Waals surface area contributed by atoms with Crippen molar-refractivity contribution in [1.29, 1.82) is 0 Å². The number of nitrogens with one attached hydrogen (secondary N) is 3. The van der Waals surface area contributed by atoms with Gasteiger partial charge in [0, 0.05) is 19.7 Å². The Morgan fingerprint density at radius 3 is 2.42 bits per heavy atom. The summed E-state index contributed by atoms with van der Waals surface area (Å²) in [4.78, 5) is 28.8. The van der Waals surface area contributed by atoms with Crippen molar-refractivity contribution < 1.29 is 41.4 Å². The summed E-state index contributed by atoms with van der Waals surface area (Å²) in [6, 6.07) is 5.38. The number of ether oxygens (including phenoxy) is 1. The Bertz CT molecular complexity index is 1420. The number of anilines is 2. The fourth-order valence-electron chi connectivity index (χ4n) is 3.41. The molecule has 0 bridgehead atoms. The van der Waals surface area contributed by atoms with Crippen molar-refractivity contribution in [2.75, 3.05) is 18.5 Å². The lowest BCUT2D eigenvalue weighted by Gasteiger charge is -2.18. The van der Waals surface area contributed by atoms with Gasteiger partial charge in [0.2, 0.25) is 5.95 Å². The molecule has 9 nitrogen and oxygen atoms in total. The van der Waals surface area contributed by atoms with Crippen LogP contribution < -0.4 is 20.7 Å². The Labute approximate surface area is 234 Å². The Balaban J connectivity index is 1.98. The summed E-state index contributed by atoms with van der Waals surface area (Å²) in [7, 11) is 1.53. The maximum atomic E-state index is 12.8. The lowest BCUT2D eigenvalue weighted by atomic mass is 10.1. The largest absolute Gasteiger partial charge is 0.487 e. The quantitative estimate of drug-likeness (QED) is 0.241. The zero-order valence-corrected chi connectivity index (χ0v) is 22.7. The molecule has 16 heteroatoms. The van der Waals surface area contributed by atoms with Gasteiger partial charge in [-0.05, 0) is 31.5 Å². The summed E-state index contributed by atoms with van der Waals surface area (Å²) in [6.45, 7) is -0.149. The highest BCUT2D eigenvalue weighted by Gasteiger charge is 2.29. The van der Waals surface area contributed by atoms with E-state index in [0.717, 1.165) is 6.07 Å². The minimum absolute atomic E-state index is 0.0444. The van der Waals surface area contributed by atoms with Crippen LogP contribution in [-0.4, -0.2) is 57.8 Å². The van der Waals surface area contributed by atoms with Crippen molar-refractivity contribution in [2.24, 2.45) is 7.05 Å². The number of rotatable bonds is 10. The number of benzene rings is 2. The molecule has 0 unspecified atom stereocenters. The van der Waals surface area contributed by atoms with E-state index in [9.17, 15) is 36.6 Å². The topological polar surface area (TPSA) is 118 Å². The molecule has 0 fully saturated rings. The first-order valence-electron chi connectivity index (χ1n) is 11.5. The first-order valence-corrected chi connectivity index (χ1v) is 12.2. The Hall–Kier alpha value is -3.36. The SMILES string of the molecule is Cn1c(Nc2c(Cl)ccc(CNC(=O)C(C)(C)O)c2Cl)nc2cc(C(=O)NCC(F)(F)F)c(OCC(F)F)cc21. The average molecular weight is 612 g/mol. The maximum Gasteiger partial charge on any atom is 0.405 e. The molecule has 0 radical (unpaired) electrons. The predicted octanol–water partition coefficient (Wildman–Crippen LogP) is 4.95. The minimum Gasteiger partial charge on any atom is -0.487 e. The number of amides is 2. The van der Waals surface area contributed by atoms with Crippen molar-refractivity contribution in [1.82, 2.24) is 20.2 Å². The molecule has 4 N–H and O–H groups in total. The van der Waals surface area contributed by atoms with Crippen molar-refractivity contribution in [3.63, 3.8) is 0 Å². The van der Waals surface area contributed by atoms with Crippen LogP contribution in [0.5, 0.6) is 5.75 Å². The van der Waals surface area contributed by atoms with Gasteiger partial charge in [0.25, 0.3) is 18.2 Å². The van der Waals surface area contributed by atoms with Gasteiger partial charge in [0.05, 0.1) is 32.3 Å². The number of halogens is 7. The van der Waals surface area contributed by atoms with Crippen LogP contribution >= 0.6 is 23.2 Å². The van der Waals surface area contributed by atoms with E-state index in [0.29, 0.717) is 5.56 Å². The number of alkyl halides is 5. The number of aliphatic hydroxyl groups is 1. The summed E-state index contributed by atoms with van der Waals surface area (Å²) < 4.78 is 69.9. The lowest BCUT2D eigenvalue weighted by molar-refractivity contribution is -0.136. The molecule has 3 aromatic rings. The molecule has 0 saturated heterocycles. The highest BCUT2D eigenvalue weighted by molar-refractivity contribution is 6.39. The Morgan fingerprint density at radius 2 is 1.82 bits per heavy atom. The number of nitrogens with zero attached hydrogens (tertiary/aromatic N) is 2. The number of hydrogen-bond acceptors (Lipinski definition) is 6. The van der Waals surface area contributed by atoms with E-state index in [2.05, 4.69) is 15.6 Å². The summed E-state index contributed by atoms with van der Waals surface area (Å²) >= 11 is 12.8. The second kappa shape index (κ2) is 12.0. The third-order valence-corrected chi connectivity index (χ3v) is 6.19. The monoisotopic (exact) mass is 611 g/mol. The second-order valence-electron chi connectivity index (χ2n) is 9.09. The Morgan fingerprint density at radius 1 is 1.15 bits per heavy atom. The van der Waals surface area contributed by atoms with Crippen molar-refractivity contribution in [3.8, 4) is 5.75 Å². The van der Waals surface area contributed by atoms with E-state index in [1.54, 1.807) is 11.4 Å².